The predicted octanol–water partition coefficient (Wildman–Crippen LogP) is 5.16. The number of nitrogens with one attached hydrogen (secondary N) is 2. The van der Waals surface area contributed by atoms with Gasteiger partial charge < -0.3 is 24.9 Å². The van der Waals surface area contributed by atoms with Gasteiger partial charge in [0.2, 0.25) is 0 Å². The summed E-state index contributed by atoms with van der Waals surface area (Å²) >= 11 is 12.1. The van der Waals surface area contributed by atoms with E-state index in [0.717, 1.165) is 6.07 Å². The SMILES string of the molecule is O=C(O)C(=O)Nc1ccc2oc3c(OC(F)F)ccc(C(=O)Nc4c(Cl)cncc4Cl)c3c2c1. The van der Waals surface area contributed by atoms with Crippen LogP contribution in [0.3, 0.4) is 0 Å². The molecule has 0 spiro atoms. The molecule has 0 saturated heterocycles. The number of alkyl halides is 2. The number of furan rings is 1. The number of carboxylic acid groups (broad SMARTS) is 1. The second-order valence-corrected chi connectivity index (χ2v) is 7.51. The summed E-state index contributed by atoms with van der Waals surface area (Å²) in [5, 5.41) is 13.9. The van der Waals surface area contributed by atoms with E-state index in [2.05, 4.69) is 20.4 Å². The number of carboxylic acids is 1. The normalized spacial score (nSPS) is 11.1. The topological polar surface area (TPSA) is 131 Å². The van der Waals surface area contributed by atoms with E-state index in [1.807, 2.05) is 0 Å². The van der Waals surface area contributed by atoms with Crippen LogP contribution >= 0.6 is 23.2 Å². The monoisotopic (exact) mass is 509 g/mol. The fourth-order valence-electron chi connectivity index (χ4n) is 3.21. The van der Waals surface area contributed by atoms with Crippen molar-refractivity contribution in [3.8, 4) is 5.75 Å². The molecule has 34 heavy (non-hydrogen) atoms. The van der Waals surface area contributed by atoms with Crippen molar-refractivity contribution in [1.29, 1.82) is 0 Å². The van der Waals surface area contributed by atoms with Crippen molar-refractivity contribution in [2.45, 2.75) is 6.61 Å². The summed E-state index contributed by atoms with van der Waals surface area (Å²) in [6.45, 7) is -3.17. The predicted molar refractivity (Wildman–Crippen MR) is 119 cm³/mol. The number of amides is 2. The number of hydrogen-bond donors (Lipinski definition) is 3. The number of pyridine rings is 1. The van der Waals surface area contributed by atoms with Gasteiger partial charge in [0, 0.05) is 28.9 Å². The molecule has 0 aliphatic heterocycles. The van der Waals surface area contributed by atoms with E-state index in [1.165, 1.54) is 36.7 Å². The van der Waals surface area contributed by atoms with Gasteiger partial charge in [0.1, 0.15) is 5.58 Å². The zero-order valence-corrected chi connectivity index (χ0v) is 18.1. The van der Waals surface area contributed by atoms with Gasteiger partial charge in [-0.05, 0) is 30.3 Å². The fraction of sp³-hybridized carbons (Fsp3) is 0.0476. The van der Waals surface area contributed by atoms with Crippen LogP contribution < -0.4 is 15.4 Å². The van der Waals surface area contributed by atoms with Crippen molar-refractivity contribution in [1.82, 2.24) is 4.98 Å². The van der Waals surface area contributed by atoms with Crippen LogP contribution in [0.2, 0.25) is 10.0 Å². The lowest BCUT2D eigenvalue weighted by atomic mass is 10.0. The molecule has 2 aromatic heterocycles. The summed E-state index contributed by atoms with van der Waals surface area (Å²) in [7, 11) is 0. The van der Waals surface area contributed by atoms with E-state index < -0.39 is 24.4 Å². The maximum absolute atomic E-state index is 13.1. The van der Waals surface area contributed by atoms with Gasteiger partial charge in [0.25, 0.3) is 5.91 Å². The quantitative estimate of drug-likeness (QED) is 0.316. The summed E-state index contributed by atoms with van der Waals surface area (Å²) in [6.07, 6.45) is 2.53. The highest BCUT2D eigenvalue weighted by Gasteiger charge is 2.23. The number of carbonyl (C=O) groups is 3. The van der Waals surface area contributed by atoms with Gasteiger partial charge in [0.05, 0.1) is 21.3 Å². The third-order valence-corrected chi connectivity index (χ3v) is 5.16. The zero-order chi connectivity index (χ0) is 24.6. The number of nitrogens with zero attached hydrogens (tertiary/aromatic N) is 1. The molecule has 0 bridgehead atoms. The molecule has 0 aliphatic carbocycles. The van der Waals surface area contributed by atoms with Crippen LogP contribution in [0.25, 0.3) is 21.9 Å². The van der Waals surface area contributed by atoms with E-state index >= 15 is 0 Å². The van der Waals surface area contributed by atoms with Gasteiger partial charge in [-0.1, -0.05) is 23.2 Å². The van der Waals surface area contributed by atoms with E-state index in [9.17, 15) is 23.2 Å². The van der Waals surface area contributed by atoms with E-state index in [-0.39, 0.29) is 54.7 Å². The van der Waals surface area contributed by atoms with Crippen molar-refractivity contribution < 1.29 is 37.4 Å². The lowest BCUT2D eigenvalue weighted by Gasteiger charge is -2.11. The minimum Gasteiger partial charge on any atom is -0.474 e. The first-order chi connectivity index (χ1) is 16.2. The first-order valence-corrected chi connectivity index (χ1v) is 10.00. The van der Waals surface area contributed by atoms with Crippen LogP contribution in [0, 0.1) is 0 Å². The zero-order valence-electron chi connectivity index (χ0n) is 16.6. The Labute approximate surface area is 198 Å². The molecule has 2 heterocycles. The van der Waals surface area contributed by atoms with Gasteiger partial charge in [-0.2, -0.15) is 8.78 Å². The number of carbonyl (C=O) groups excluding carboxylic acids is 2. The van der Waals surface area contributed by atoms with Gasteiger partial charge in [-0.25, -0.2) is 4.79 Å². The highest BCUT2D eigenvalue weighted by molar-refractivity contribution is 6.40. The Hall–Kier alpha value is -3.96. The number of ether oxygens (including phenoxy) is 1. The third-order valence-electron chi connectivity index (χ3n) is 4.59. The fourth-order valence-corrected chi connectivity index (χ4v) is 3.67. The van der Waals surface area contributed by atoms with Crippen LogP contribution in [-0.4, -0.2) is 34.5 Å². The van der Waals surface area contributed by atoms with Crippen LogP contribution in [0.15, 0.2) is 47.1 Å². The number of rotatable bonds is 5. The number of hydrogen-bond acceptors (Lipinski definition) is 6. The Balaban J connectivity index is 1.89. The van der Waals surface area contributed by atoms with Crippen LogP contribution in [0.5, 0.6) is 5.75 Å². The summed E-state index contributed by atoms with van der Waals surface area (Å²) in [5.41, 5.74) is 0.0984. The molecule has 2 aromatic carbocycles. The minimum absolute atomic E-state index is 0.0268. The summed E-state index contributed by atoms with van der Waals surface area (Å²) < 4.78 is 36.1. The molecule has 0 fully saturated rings. The Morgan fingerprint density at radius 1 is 1.06 bits per heavy atom. The smallest absolute Gasteiger partial charge is 0.394 e. The van der Waals surface area contributed by atoms with Crippen LogP contribution in [0.1, 0.15) is 10.4 Å². The number of aromatic nitrogens is 1. The summed E-state index contributed by atoms with van der Waals surface area (Å²) in [5.74, 6) is -4.06. The molecule has 0 saturated carbocycles. The second-order valence-electron chi connectivity index (χ2n) is 6.70. The Morgan fingerprint density at radius 3 is 2.41 bits per heavy atom. The largest absolute Gasteiger partial charge is 0.474 e. The van der Waals surface area contributed by atoms with Crippen molar-refractivity contribution >= 4 is 74.3 Å². The Bertz CT molecular complexity index is 1450. The molecule has 0 atom stereocenters. The standard InChI is InChI=1S/C21H11Cl2F2N3O6/c22-11-6-26-7-12(23)16(11)28-18(29)9-2-4-14(34-21(24)25)17-15(9)10-5-8(1-3-13(10)33-17)27-19(30)20(31)32/h1-7,21H,(H,27,30)(H,31,32)(H,26,28,29). The molecular formula is C21H11Cl2F2N3O6. The van der Waals surface area contributed by atoms with Crippen molar-refractivity contribution in [2.24, 2.45) is 0 Å². The molecule has 0 aliphatic rings. The average Bonchev–Trinajstić information content (AvgIpc) is 3.15. The summed E-state index contributed by atoms with van der Waals surface area (Å²) in [4.78, 5) is 39.3. The average molecular weight is 510 g/mol. The van der Waals surface area contributed by atoms with Crippen LogP contribution in [0.4, 0.5) is 20.2 Å². The molecule has 174 valence electrons. The summed E-state index contributed by atoms with van der Waals surface area (Å²) in [6, 6.07) is 6.41. The van der Waals surface area contributed by atoms with Gasteiger partial charge in [0.15, 0.2) is 11.3 Å². The number of fused-ring (bicyclic) bond motifs is 3. The minimum atomic E-state index is -3.17. The first-order valence-electron chi connectivity index (χ1n) is 9.24. The highest BCUT2D eigenvalue weighted by atomic mass is 35.5. The first kappa shape index (κ1) is 23.2. The number of aliphatic carboxylic acids is 1. The third kappa shape index (κ3) is 4.43. The van der Waals surface area contributed by atoms with Gasteiger partial charge in [-0.3, -0.25) is 14.6 Å². The molecule has 0 unspecified atom stereocenters. The Morgan fingerprint density at radius 2 is 1.76 bits per heavy atom. The maximum atomic E-state index is 13.1. The Kier molecular flexibility index (Phi) is 6.22. The lowest BCUT2D eigenvalue weighted by molar-refractivity contribution is -0.147. The van der Waals surface area contributed by atoms with E-state index in [4.69, 9.17) is 32.7 Å². The number of halogens is 4. The molecule has 9 nitrogen and oxygen atoms in total. The molecule has 0 radical (unpaired) electrons. The lowest BCUT2D eigenvalue weighted by Crippen LogP contribution is -2.21. The number of benzene rings is 2. The van der Waals surface area contributed by atoms with Crippen molar-refractivity contribution in [3.05, 3.63) is 58.3 Å². The molecule has 4 rings (SSSR count). The van der Waals surface area contributed by atoms with Gasteiger partial charge >= 0.3 is 18.5 Å². The molecular weight excluding hydrogens is 499 g/mol. The molecule has 3 N–H and O–H groups in total. The molecule has 13 heteroatoms. The van der Waals surface area contributed by atoms with E-state index in [1.54, 1.807) is 0 Å². The van der Waals surface area contributed by atoms with Gasteiger partial charge in [-0.15, -0.1) is 0 Å². The molecule has 4 aromatic rings. The second kappa shape index (κ2) is 9.12. The highest BCUT2D eigenvalue weighted by Crippen LogP contribution is 2.39. The number of anilines is 2. The molecule has 2 amide bonds. The maximum Gasteiger partial charge on any atom is 0.394 e. The van der Waals surface area contributed by atoms with Crippen molar-refractivity contribution in [2.75, 3.05) is 10.6 Å². The van der Waals surface area contributed by atoms with Crippen LogP contribution in [-0.2, 0) is 9.59 Å². The van der Waals surface area contributed by atoms with Crippen molar-refractivity contribution in [3.63, 3.8) is 0 Å². The van der Waals surface area contributed by atoms with E-state index in [0.29, 0.717) is 0 Å².